The molecule has 0 aromatic heterocycles. The highest BCUT2D eigenvalue weighted by atomic mass is 35.5. The van der Waals surface area contributed by atoms with Crippen molar-refractivity contribution in [1.82, 2.24) is 10.6 Å². The molecule has 0 saturated heterocycles. The highest BCUT2D eigenvalue weighted by molar-refractivity contribution is 5.85. The van der Waals surface area contributed by atoms with Gasteiger partial charge < -0.3 is 16.4 Å². The van der Waals surface area contributed by atoms with E-state index in [1.165, 1.54) is 12.8 Å². The number of carbonyl (C=O) groups excluding carboxylic acids is 2. The van der Waals surface area contributed by atoms with Gasteiger partial charge in [-0.2, -0.15) is 0 Å². The zero-order valence-corrected chi connectivity index (χ0v) is 17.5. The van der Waals surface area contributed by atoms with E-state index in [9.17, 15) is 9.59 Å². The minimum absolute atomic E-state index is 0. The Kier molecular flexibility index (Phi) is 9.39. The van der Waals surface area contributed by atoms with Crippen molar-refractivity contribution in [3.8, 4) is 0 Å². The molecule has 0 spiro atoms. The van der Waals surface area contributed by atoms with Crippen LogP contribution in [0.3, 0.4) is 0 Å². The number of rotatable bonds is 7. The Morgan fingerprint density at radius 2 is 1.54 bits per heavy atom. The Balaban J connectivity index is 0.00000338. The summed E-state index contributed by atoms with van der Waals surface area (Å²) in [4.78, 5) is 24.9. The van der Waals surface area contributed by atoms with Gasteiger partial charge in [0.1, 0.15) is 0 Å². The van der Waals surface area contributed by atoms with Crippen LogP contribution in [0.25, 0.3) is 0 Å². The van der Waals surface area contributed by atoms with Gasteiger partial charge >= 0.3 is 0 Å². The van der Waals surface area contributed by atoms with Gasteiger partial charge in [-0.3, -0.25) is 9.59 Å². The van der Waals surface area contributed by atoms with Crippen LogP contribution in [0.2, 0.25) is 0 Å². The van der Waals surface area contributed by atoms with Crippen LogP contribution < -0.4 is 16.4 Å². The van der Waals surface area contributed by atoms with E-state index in [-0.39, 0.29) is 47.6 Å². The lowest BCUT2D eigenvalue weighted by Gasteiger charge is -2.35. The summed E-state index contributed by atoms with van der Waals surface area (Å²) in [6, 6.07) is 0.244. The Bertz CT molecular complexity index is 458. The zero-order valence-electron chi connectivity index (χ0n) is 16.7. The molecular formula is C20H38ClN3O2. The van der Waals surface area contributed by atoms with Gasteiger partial charge in [-0.15, -0.1) is 12.4 Å². The van der Waals surface area contributed by atoms with Gasteiger partial charge in [-0.1, -0.05) is 26.7 Å². The molecule has 0 radical (unpaired) electrons. The van der Waals surface area contributed by atoms with Crippen molar-refractivity contribution < 1.29 is 9.59 Å². The SMILES string of the molecule is CC(C)CC(C)(CN)NC(=O)C1CCC(NC(=O)C2CCCC2)CC1.Cl. The number of carbonyl (C=O) groups is 2. The summed E-state index contributed by atoms with van der Waals surface area (Å²) in [6.07, 6.45) is 8.84. The Hall–Kier alpha value is -0.810. The standard InChI is InChI=1S/C20H37N3O2.ClH/c1-14(2)12-20(3,13-21)23-19(25)16-8-10-17(11-9-16)22-18(24)15-6-4-5-7-15;/h14-17H,4-13,21H2,1-3H3,(H,22,24)(H,23,25);1H. The smallest absolute Gasteiger partial charge is 0.223 e. The van der Waals surface area contributed by atoms with Gasteiger partial charge in [0, 0.05) is 30.0 Å². The molecule has 2 aliphatic carbocycles. The quantitative estimate of drug-likeness (QED) is 0.627. The van der Waals surface area contributed by atoms with Gasteiger partial charge in [-0.25, -0.2) is 0 Å². The summed E-state index contributed by atoms with van der Waals surface area (Å²) in [5.74, 6) is 1.14. The van der Waals surface area contributed by atoms with Gasteiger partial charge in [0.25, 0.3) is 0 Å². The lowest BCUT2D eigenvalue weighted by Crippen LogP contribution is -2.54. The first-order valence-electron chi connectivity index (χ1n) is 10.2. The van der Waals surface area contributed by atoms with Crippen molar-refractivity contribution in [3.63, 3.8) is 0 Å². The second-order valence-corrected chi connectivity index (χ2v) is 8.89. The molecule has 0 bridgehead atoms. The van der Waals surface area contributed by atoms with Crippen LogP contribution in [0.15, 0.2) is 0 Å². The average Bonchev–Trinajstić information content (AvgIpc) is 3.09. The molecule has 5 nitrogen and oxygen atoms in total. The Labute approximate surface area is 165 Å². The van der Waals surface area contributed by atoms with E-state index in [0.717, 1.165) is 44.9 Å². The van der Waals surface area contributed by atoms with E-state index < -0.39 is 0 Å². The number of halogens is 1. The van der Waals surface area contributed by atoms with E-state index in [2.05, 4.69) is 24.5 Å². The molecule has 2 rings (SSSR count). The first kappa shape index (κ1) is 23.2. The molecule has 0 aliphatic heterocycles. The second kappa shape index (κ2) is 10.5. The number of hydrogen-bond donors (Lipinski definition) is 3. The lowest BCUT2D eigenvalue weighted by atomic mass is 9.83. The summed E-state index contributed by atoms with van der Waals surface area (Å²) < 4.78 is 0. The van der Waals surface area contributed by atoms with Crippen molar-refractivity contribution in [2.24, 2.45) is 23.5 Å². The summed E-state index contributed by atoms with van der Waals surface area (Å²) in [6.45, 7) is 6.80. The minimum Gasteiger partial charge on any atom is -0.353 e. The van der Waals surface area contributed by atoms with Gasteiger partial charge in [-0.05, 0) is 57.8 Å². The van der Waals surface area contributed by atoms with Gasteiger partial charge in [0.05, 0.1) is 0 Å². The molecule has 2 aliphatic rings. The predicted molar refractivity (Wildman–Crippen MR) is 108 cm³/mol. The maximum atomic E-state index is 12.6. The van der Waals surface area contributed by atoms with Crippen LogP contribution in [0.5, 0.6) is 0 Å². The molecule has 0 aromatic carbocycles. The molecule has 2 fully saturated rings. The first-order chi connectivity index (χ1) is 11.8. The van der Waals surface area contributed by atoms with Crippen LogP contribution in [0, 0.1) is 17.8 Å². The summed E-state index contributed by atoms with van der Waals surface area (Å²) in [5, 5.41) is 6.41. The number of nitrogens with one attached hydrogen (secondary N) is 2. The van der Waals surface area contributed by atoms with E-state index >= 15 is 0 Å². The largest absolute Gasteiger partial charge is 0.353 e. The van der Waals surface area contributed by atoms with Crippen LogP contribution in [0.1, 0.15) is 78.6 Å². The molecule has 0 aromatic rings. The van der Waals surface area contributed by atoms with Gasteiger partial charge in [0.2, 0.25) is 11.8 Å². The van der Waals surface area contributed by atoms with Crippen LogP contribution in [0.4, 0.5) is 0 Å². The average molecular weight is 388 g/mol. The fraction of sp³-hybridized carbons (Fsp3) is 0.900. The molecular weight excluding hydrogens is 350 g/mol. The number of nitrogens with two attached hydrogens (primary N) is 1. The van der Waals surface area contributed by atoms with Crippen molar-refractivity contribution >= 4 is 24.2 Å². The van der Waals surface area contributed by atoms with E-state index in [0.29, 0.717) is 12.5 Å². The molecule has 1 unspecified atom stereocenters. The van der Waals surface area contributed by atoms with Crippen molar-refractivity contribution in [1.29, 1.82) is 0 Å². The van der Waals surface area contributed by atoms with E-state index in [1.54, 1.807) is 0 Å². The van der Waals surface area contributed by atoms with Crippen LogP contribution in [-0.4, -0.2) is 29.9 Å². The van der Waals surface area contributed by atoms with E-state index in [1.807, 2.05) is 6.92 Å². The normalized spacial score (nSPS) is 26.0. The molecule has 1 atom stereocenters. The van der Waals surface area contributed by atoms with Crippen LogP contribution >= 0.6 is 12.4 Å². The maximum Gasteiger partial charge on any atom is 0.223 e. The first-order valence-corrected chi connectivity index (χ1v) is 10.2. The number of amides is 2. The number of hydrogen-bond acceptors (Lipinski definition) is 3. The van der Waals surface area contributed by atoms with Crippen molar-refractivity contribution in [2.45, 2.75) is 90.1 Å². The molecule has 2 amide bonds. The molecule has 0 heterocycles. The summed E-state index contributed by atoms with van der Waals surface area (Å²) in [5.41, 5.74) is 5.59. The summed E-state index contributed by atoms with van der Waals surface area (Å²) in [7, 11) is 0. The maximum absolute atomic E-state index is 12.6. The highest BCUT2D eigenvalue weighted by Gasteiger charge is 2.33. The monoisotopic (exact) mass is 387 g/mol. The third-order valence-electron chi connectivity index (χ3n) is 5.90. The van der Waals surface area contributed by atoms with Crippen molar-refractivity contribution in [2.75, 3.05) is 6.54 Å². The van der Waals surface area contributed by atoms with Crippen LogP contribution in [-0.2, 0) is 9.59 Å². The second-order valence-electron chi connectivity index (χ2n) is 8.89. The topological polar surface area (TPSA) is 84.2 Å². The van der Waals surface area contributed by atoms with E-state index in [4.69, 9.17) is 5.73 Å². The minimum atomic E-state index is -0.321. The third-order valence-corrected chi connectivity index (χ3v) is 5.90. The molecule has 6 heteroatoms. The fourth-order valence-corrected chi connectivity index (χ4v) is 4.49. The molecule has 152 valence electrons. The predicted octanol–water partition coefficient (Wildman–Crippen LogP) is 3.15. The highest BCUT2D eigenvalue weighted by Crippen LogP contribution is 2.28. The van der Waals surface area contributed by atoms with Crippen molar-refractivity contribution in [3.05, 3.63) is 0 Å². The lowest BCUT2D eigenvalue weighted by molar-refractivity contribution is -0.128. The third kappa shape index (κ3) is 6.73. The van der Waals surface area contributed by atoms with Gasteiger partial charge in [0.15, 0.2) is 0 Å². The Morgan fingerprint density at radius 1 is 1.00 bits per heavy atom. The Morgan fingerprint density at radius 3 is 2.04 bits per heavy atom. The molecule has 2 saturated carbocycles. The fourth-order valence-electron chi connectivity index (χ4n) is 4.49. The molecule has 26 heavy (non-hydrogen) atoms. The summed E-state index contributed by atoms with van der Waals surface area (Å²) >= 11 is 0. The molecule has 4 N–H and O–H groups in total. The zero-order chi connectivity index (χ0) is 18.4.